The molecule has 0 saturated carbocycles. The molecule has 0 amide bonds. The first-order valence-corrected chi connectivity index (χ1v) is 6.29. The third-order valence-corrected chi connectivity index (χ3v) is 2.92. The van der Waals surface area contributed by atoms with E-state index in [4.69, 9.17) is 10.5 Å². The average Bonchev–Trinajstić information content (AvgIpc) is 2.75. The lowest BCUT2D eigenvalue weighted by molar-refractivity contribution is 0.0489. The molecule has 2 rings (SSSR count). The molecule has 0 aliphatic heterocycles. The molecule has 0 radical (unpaired) electrons. The van der Waals surface area contributed by atoms with Gasteiger partial charge in [0.25, 0.3) is 0 Å². The van der Waals surface area contributed by atoms with E-state index in [0.717, 1.165) is 12.8 Å². The lowest BCUT2D eigenvalue weighted by Crippen LogP contribution is -2.10. The fraction of sp³-hybridized carbons (Fsp3) is 0.267. The summed E-state index contributed by atoms with van der Waals surface area (Å²) in [6, 6.07) is 11.8. The normalized spacial score (nSPS) is 10.4. The van der Waals surface area contributed by atoms with Crippen LogP contribution < -0.4 is 5.73 Å². The summed E-state index contributed by atoms with van der Waals surface area (Å²) in [5.74, 6) is -0.327. The summed E-state index contributed by atoms with van der Waals surface area (Å²) in [4.78, 5) is 11.8. The van der Waals surface area contributed by atoms with Crippen molar-refractivity contribution in [1.29, 1.82) is 0 Å². The van der Waals surface area contributed by atoms with Crippen molar-refractivity contribution in [2.75, 3.05) is 12.3 Å². The van der Waals surface area contributed by atoms with Gasteiger partial charge in [-0.25, -0.2) is 4.79 Å². The number of aryl methyl sites for hydroxylation is 2. The average molecular weight is 258 g/mol. The Morgan fingerprint density at radius 2 is 2.05 bits per heavy atom. The maximum atomic E-state index is 11.8. The van der Waals surface area contributed by atoms with Gasteiger partial charge in [-0.05, 0) is 24.5 Å². The van der Waals surface area contributed by atoms with Crippen LogP contribution in [0.3, 0.4) is 0 Å². The Bertz CT molecular complexity index is 547. The highest BCUT2D eigenvalue weighted by Crippen LogP contribution is 2.10. The smallest absolute Gasteiger partial charge is 0.355 e. The van der Waals surface area contributed by atoms with E-state index in [2.05, 4.69) is 12.1 Å². The van der Waals surface area contributed by atoms with Gasteiger partial charge in [0.2, 0.25) is 0 Å². The molecule has 0 fully saturated rings. The van der Waals surface area contributed by atoms with E-state index in [1.807, 2.05) is 18.2 Å². The van der Waals surface area contributed by atoms with Crippen LogP contribution in [0.5, 0.6) is 0 Å². The zero-order valence-corrected chi connectivity index (χ0v) is 11.0. The molecule has 100 valence electrons. The predicted octanol–water partition coefficient (Wildman–Crippen LogP) is 2.40. The Balaban J connectivity index is 1.77. The SMILES string of the molecule is Cn1cc(N)cc1C(=O)OCCCc1ccccc1. The maximum absolute atomic E-state index is 11.8. The molecule has 1 aromatic carbocycles. The van der Waals surface area contributed by atoms with Gasteiger partial charge in [0.1, 0.15) is 5.69 Å². The summed E-state index contributed by atoms with van der Waals surface area (Å²) in [6.07, 6.45) is 3.42. The first-order valence-electron chi connectivity index (χ1n) is 6.29. The number of hydrogen-bond acceptors (Lipinski definition) is 3. The topological polar surface area (TPSA) is 57.2 Å². The molecule has 0 unspecified atom stereocenters. The van der Waals surface area contributed by atoms with Crippen LogP contribution in [0.25, 0.3) is 0 Å². The Labute approximate surface area is 112 Å². The number of hydrogen-bond donors (Lipinski definition) is 1. The fourth-order valence-corrected chi connectivity index (χ4v) is 1.95. The van der Waals surface area contributed by atoms with E-state index in [1.165, 1.54) is 5.56 Å². The monoisotopic (exact) mass is 258 g/mol. The van der Waals surface area contributed by atoms with Crippen molar-refractivity contribution in [2.45, 2.75) is 12.8 Å². The molecule has 0 aliphatic carbocycles. The Morgan fingerprint density at radius 1 is 1.32 bits per heavy atom. The number of nitrogen functional groups attached to an aromatic ring is 1. The van der Waals surface area contributed by atoms with Crippen molar-refractivity contribution in [3.05, 3.63) is 53.9 Å². The highest BCUT2D eigenvalue weighted by Gasteiger charge is 2.11. The molecular weight excluding hydrogens is 240 g/mol. The molecule has 0 saturated heterocycles. The third kappa shape index (κ3) is 3.61. The van der Waals surface area contributed by atoms with Crippen LogP contribution in [0.2, 0.25) is 0 Å². The number of nitrogens with zero attached hydrogens (tertiary/aromatic N) is 1. The maximum Gasteiger partial charge on any atom is 0.355 e. The van der Waals surface area contributed by atoms with Crippen LogP contribution in [-0.4, -0.2) is 17.1 Å². The number of anilines is 1. The second-order valence-corrected chi connectivity index (χ2v) is 4.49. The lowest BCUT2D eigenvalue weighted by Gasteiger charge is -2.05. The van der Waals surface area contributed by atoms with Crippen LogP contribution in [0.1, 0.15) is 22.5 Å². The van der Waals surface area contributed by atoms with E-state index in [1.54, 1.807) is 23.9 Å². The number of benzene rings is 1. The molecule has 19 heavy (non-hydrogen) atoms. The largest absolute Gasteiger partial charge is 0.461 e. The predicted molar refractivity (Wildman–Crippen MR) is 74.9 cm³/mol. The van der Waals surface area contributed by atoms with Crippen molar-refractivity contribution in [3.8, 4) is 0 Å². The molecule has 4 nitrogen and oxygen atoms in total. The number of aromatic nitrogens is 1. The zero-order chi connectivity index (χ0) is 13.7. The zero-order valence-electron chi connectivity index (χ0n) is 11.0. The van der Waals surface area contributed by atoms with Crippen molar-refractivity contribution in [2.24, 2.45) is 7.05 Å². The molecule has 0 spiro atoms. The molecule has 2 aromatic rings. The number of esters is 1. The minimum Gasteiger partial charge on any atom is -0.461 e. The van der Waals surface area contributed by atoms with Gasteiger partial charge in [-0.3, -0.25) is 0 Å². The van der Waals surface area contributed by atoms with E-state index < -0.39 is 0 Å². The number of nitrogens with two attached hydrogens (primary N) is 1. The van der Waals surface area contributed by atoms with Crippen LogP contribution in [0.4, 0.5) is 5.69 Å². The van der Waals surface area contributed by atoms with Gasteiger partial charge in [0, 0.05) is 13.2 Å². The first kappa shape index (κ1) is 13.2. The summed E-state index contributed by atoms with van der Waals surface area (Å²) in [5, 5.41) is 0. The molecule has 1 heterocycles. The highest BCUT2D eigenvalue weighted by molar-refractivity contribution is 5.89. The van der Waals surface area contributed by atoms with Crippen LogP contribution in [0, 0.1) is 0 Å². The Kier molecular flexibility index (Phi) is 4.23. The van der Waals surface area contributed by atoms with Crippen molar-refractivity contribution in [1.82, 2.24) is 4.57 Å². The van der Waals surface area contributed by atoms with E-state index >= 15 is 0 Å². The molecule has 0 aliphatic rings. The Hall–Kier alpha value is -2.23. The number of ether oxygens (including phenoxy) is 1. The quantitative estimate of drug-likeness (QED) is 0.661. The lowest BCUT2D eigenvalue weighted by atomic mass is 10.1. The van der Waals surface area contributed by atoms with Gasteiger partial charge < -0.3 is 15.0 Å². The van der Waals surface area contributed by atoms with Gasteiger partial charge in [-0.15, -0.1) is 0 Å². The van der Waals surface area contributed by atoms with Crippen molar-refractivity contribution >= 4 is 11.7 Å². The van der Waals surface area contributed by atoms with Crippen LogP contribution >= 0.6 is 0 Å². The number of rotatable bonds is 5. The van der Waals surface area contributed by atoms with Gasteiger partial charge in [-0.2, -0.15) is 0 Å². The molecule has 0 atom stereocenters. The molecule has 1 aromatic heterocycles. The summed E-state index contributed by atoms with van der Waals surface area (Å²) in [7, 11) is 1.77. The Morgan fingerprint density at radius 3 is 2.68 bits per heavy atom. The summed E-state index contributed by atoms with van der Waals surface area (Å²) in [6.45, 7) is 0.415. The molecule has 2 N–H and O–H groups in total. The van der Waals surface area contributed by atoms with Gasteiger partial charge in [0.05, 0.1) is 12.3 Å². The van der Waals surface area contributed by atoms with E-state index in [9.17, 15) is 4.79 Å². The fourth-order valence-electron chi connectivity index (χ4n) is 1.95. The molecular formula is C15H18N2O2. The minimum atomic E-state index is -0.327. The minimum absolute atomic E-state index is 0.327. The summed E-state index contributed by atoms with van der Waals surface area (Å²) >= 11 is 0. The molecule has 0 bridgehead atoms. The second kappa shape index (κ2) is 6.09. The number of carbonyl (C=O) groups is 1. The first-order chi connectivity index (χ1) is 9.16. The third-order valence-electron chi connectivity index (χ3n) is 2.92. The van der Waals surface area contributed by atoms with E-state index in [-0.39, 0.29) is 5.97 Å². The number of carbonyl (C=O) groups excluding carboxylic acids is 1. The van der Waals surface area contributed by atoms with Gasteiger partial charge in [-0.1, -0.05) is 30.3 Å². The second-order valence-electron chi connectivity index (χ2n) is 4.49. The van der Waals surface area contributed by atoms with E-state index in [0.29, 0.717) is 18.0 Å². The standard InChI is InChI=1S/C15H18N2O2/c1-17-11-13(16)10-14(17)15(18)19-9-5-8-12-6-3-2-4-7-12/h2-4,6-7,10-11H,5,8-9,16H2,1H3. The van der Waals surface area contributed by atoms with Crippen molar-refractivity contribution in [3.63, 3.8) is 0 Å². The van der Waals surface area contributed by atoms with Gasteiger partial charge in [0.15, 0.2) is 0 Å². The summed E-state index contributed by atoms with van der Waals surface area (Å²) < 4.78 is 6.90. The molecule has 4 heteroatoms. The highest BCUT2D eigenvalue weighted by atomic mass is 16.5. The summed E-state index contributed by atoms with van der Waals surface area (Å²) in [5.41, 5.74) is 7.92. The van der Waals surface area contributed by atoms with Gasteiger partial charge >= 0.3 is 5.97 Å². The van der Waals surface area contributed by atoms with Crippen LogP contribution in [0.15, 0.2) is 42.6 Å². The van der Waals surface area contributed by atoms with Crippen molar-refractivity contribution < 1.29 is 9.53 Å². The van der Waals surface area contributed by atoms with Crippen LogP contribution in [-0.2, 0) is 18.2 Å².